The lowest BCUT2D eigenvalue weighted by atomic mass is 9.76. The van der Waals surface area contributed by atoms with Crippen LogP contribution in [-0.2, 0) is 30.4 Å². The molecule has 1 aliphatic heterocycles. The van der Waals surface area contributed by atoms with E-state index in [-0.39, 0.29) is 0 Å². The summed E-state index contributed by atoms with van der Waals surface area (Å²) < 4.78 is 64.8. The second kappa shape index (κ2) is 3.16. The van der Waals surface area contributed by atoms with Gasteiger partial charge in [-0.3, -0.25) is 0 Å². The zero-order valence-electron chi connectivity index (χ0n) is 7.24. The van der Waals surface area contributed by atoms with Crippen LogP contribution in [0.1, 0.15) is 12.8 Å². The van der Waals surface area contributed by atoms with Gasteiger partial charge in [-0.2, -0.15) is 16.8 Å². The van der Waals surface area contributed by atoms with Crippen LogP contribution in [0.3, 0.4) is 0 Å². The maximum Gasteiger partial charge on any atom is 0.229 e. The highest BCUT2D eigenvalue weighted by Crippen LogP contribution is 2.44. The minimum atomic E-state index is -4.25. The van der Waals surface area contributed by atoms with E-state index >= 15 is 0 Å². The molecular weight excluding hydrogens is 264 g/mol. The van der Waals surface area contributed by atoms with Gasteiger partial charge < -0.3 is 0 Å². The van der Waals surface area contributed by atoms with Gasteiger partial charge in [-0.1, -0.05) is 0 Å². The summed E-state index contributed by atoms with van der Waals surface area (Å²) in [5, 5.41) is 0. The molecule has 0 spiro atoms. The monoisotopic (exact) mass is 270 g/mol. The first-order valence-corrected chi connectivity index (χ1v) is 7.68. The standard InChI is InChI=1S/C6H6O6S3/c7-13(8)5-3-1-2-4(3)6(14(9)10)15(5,11)12/h3-4H,1-2H2. The number of rotatable bonds is 0. The van der Waals surface area contributed by atoms with Crippen LogP contribution in [0.25, 0.3) is 0 Å². The van der Waals surface area contributed by atoms with Gasteiger partial charge in [-0.25, -0.2) is 8.42 Å². The Kier molecular flexibility index (Phi) is 2.28. The van der Waals surface area contributed by atoms with Crippen LogP contribution in [0.15, 0.2) is 0 Å². The molecule has 1 heterocycles. The van der Waals surface area contributed by atoms with Crippen molar-refractivity contribution in [2.45, 2.75) is 12.8 Å². The van der Waals surface area contributed by atoms with Gasteiger partial charge in [0.2, 0.25) is 30.4 Å². The highest BCUT2D eigenvalue weighted by molar-refractivity contribution is 8.31. The molecule has 2 unspecified atom stereocenters. The van der Waals surface area contributed by atoms with Gasteiger partial charge in [-0.05, 0) is 12.8 Å². The first kappa shape index (κ1) is 10.8. The molecule has 15 heavy (non-hydrogen) atoms. The Hall–Kier alpha value is -0.670. The fourth-order valence-corrected chi connectivity index (χ4v) is 6.74. The van der Waals surface area contributed by atoms with Gasteiger partial charge >= 0.3 is 0 Å². The van der Waals surface area contributed by atoms with Crippen LogP contribution < -0.4 is 0 Å². The summed E-state index contributed by atoms with van der Waals surface area (Å²) in [6.45, 7) is 0. The zero-order valence-corrected chi connectivity index (χ0v) is 9.69. The summed E-state index contributed by atoms with van der Waals surface area (Å²) in [5.74, 6) is -1.30. The molecule has 1 aliphatic carbocycles. The van der Waals surface area contributed by atoms with E-state index in [1.165, 1.54) is 0 Å². The molecule has 0 amide bonds. The van der Waals surface area contributed by atoms with Crippen molar-refractivity contribution in [3.63, 3.8) is 0 Å². The van der Waals surface area contributed by atoms with E-state index in [0.29, 0.717) is 12.8 Å². The molecule has 2 rings (SSSR count). The molecular formula is C6H6O6S3. The van der Waals surface area contributed by atoms with Crippen LogP contribution in [0.5, 0.6) is 0 Å². The van der Waals surface area contributed by atoms with Crippen LogP contribution in [0.2, 0.25) is 0 Å². The van der Waals surface area contributed by atoms with E-state index in [1.54, 1.807) is 0 Å². The van der Waals surface area contributed by atoms with Crippen LogP contribution in [-0.4, -0.2) is 33.6 Å². The van der Waals surface area contributed by atoms with E-state index in [0.717, 1.165) is 0 Å². The summed E-state index contributed by atoms with van der Waals surface area (Å²) in [4.78, 5) is 0. The van der Waals surface area contributed by atoms with Gasteiger partial charge in [-0.15, -0.1) is 0 Å². The highest BCUT2D eigenvalue weighted by Gasteiger charge is 2.56. The van der Waals surface area contributed by atoms with Gasteiger partial charge in [0.25, 0.3) is 0 Å². The Morgan fingerprint density at radius 2 is 1.20 bits per heavy atom. The predicted octanol–water partition coefficient (Wildman–Crippen LogP) is -1.54. The van der Waals surface area contributed by atoms with Crippen LogP contribution in [0.4, 0.5) is 0 Å². The fourth-order valence-electron chi connectivity index (χ4n) is 1.99. The lowest BCUT2D eigenvalue weighted by Gasteiger charge is -2.26. The van der Waals surface area contributed by atoms with Crippen molar-refractivity contribution in [1.29, 1.82) is 0 Å². The predicted molar refractivity (Wildman–Crippen MR) is 53.0 cm³/mol. The summed E-state index contributed by atoms with van der Waals surface area (Å²) in [6, 6.07) is 0. The molecule has 6 nitrogen and oxygen atoms in total. The van der Waals surface area contributed by atoms with Crippen molar-refractivity contribution in [2.75, 3.05) is 0 Å². The molecule has 0 aromatic rings. The van der Waals surface area contributed by atoms with Crippen LogP contribution in [0, 0.1) is 11.8 Å². The molecule has 1 saturated carbocycles. The minimum absolute atomic E-state index is 0.411. The van der Waals surface area contributed by atoms with Gasteiger partial charge in [0.1, 0.15) is 0 Å². The third kappa shape index (κ3) is 1.30. The fraction of sp³-hybridized carbons (Fsp3) is 0.667. The lowest BCUT2D eigenvalue weighted by molar-refractivity contribution is 0.349. The van der Waals surface area contributed by atoms with E-state index < -0.39 is 50.7 Å². The smallest absolute Gasteiger partial charge is 0.217 e. The zero-order chi connectivity index (χ0) is 11.4. The number of fused-ring (bicyclic) bond motifs is 1. The molecule has 0 radical (unpaired) electrons. The first-order chi connectivity index (χ1) is 6.87. The average molecular weight is 270 g/mol. The molecule has 9 heteroatoms. The second-order valence-electron chi connectivity index (χ2n) is 3.40. The summed E-state index contributed by atoms with van der Waals surface area (Å²) in [5.41, 5.74) is 0. The Labute approximate surface area is 88.9 Å². The number of hydrogen-bond donors (Lipinski definition) is 0. The molecule has 1 saturated heterocycles. The second-order valence-corrected chi connectivity index (χ2v) is 7.62. The maximum atomic E-state index is 11.6. The van der Waals surface area contributed by atoms with Crippen molar-refractivity contribution in [3.05, 3.63) is 0 Å². The molecule has 0 aromatic carbocycles. The van der Waals surface area contributed by atoms with Crippen molar-refractivity contribution in [1.82, 2.24) is 0 Å². The molecule has 0 bridgehead atoms. The number of hydrogen-bond acceptors (Lipinski definition) is 6. The van der Waals surface area contributed by atoms with Crippen molar-refractivity contribution in [3.8, 4) is 0 Å². The Bertz CT molecular complexity index is 618. The van der Waals surface area contributed by atoms with Crippen molar-refractivity contribution < 1.29 is 25.3 Å². The SMILES string of the molecule is O=S(=O)=C1C2CCC2C(=S(=O)=O)S1(=O)=O. The summed E-state index contributed by atoms with van der Waals surface area (Å²) in [6.07, 6.45) is 0.821. The van der Waals surface area contributed by atoms with Crippen molar-refractivity contribution >= 4 is 38.8 Å². The minimum Gasteiger partial charge on any atom is -0.217 e. The quantitative estimate of drug-likeness (QED) is 0.494. The molecule has 2 atom stereocenters. The maximum absolute atomic E-state index is 11.6. The van der Waals surface area contributed by atoms with Gasteiger partial charge in [0.15, 0.2) is 8.39 Å². The number of sulfone groups is 1. The summed E-state index contributed by atoms with van der Waals surface area (Å²) in [7, 11) is -9.98. The van der Waals surface area contributed by atoms with Gasteiger partial charge in [0, 0.05) is 11.8 Å². The molecule has 2 aliphatic rings. The van der Waals surface area contributed by atoms with Crippen LogP contribution >= 0.6 is 0 Å². The molecule has 2 fully saturated rings. The van der Waals surface area contributed by atoms with E-state index in [2.05, 4.69) is 0 Å². The Morgan fingerprint density at radius 3 is 1.33 bits per heavy atom. The Balaban J connectivity index is 2.93. The molecule has 84 valence electrons. The lowest BCUT2D eigenvalue weighted by Crippen LogP contribution is -2.28. The van der Waals surface area contributed by atoms with E-state index in [4.69, 9.17) is 0 Å². The normalized spacial score (nSPS) is 32.0. The average Bonchev–Trinajstić information content (AvgIpc) is 2.19. The Morgan fingerprint density at radius 1 is 0.867 bits per heavy atom. The highest BCUT2D eigenvalue weighted by atomic mass is 32.3. The topological polar surface area (TPSA) is 102 Å². The van der Waals surface area contributed by atoms with E-state index in [9.17, 15) is 25.3 Å². The first-order valence-electron chi connectivity index (χ1n) is 4.04. The van der Waals surface area contributed by atoms with E-state index in [1.807, 2.05) is 0 Å². The third-order valence-electron chi connectivity index (χ3n) is 2.74. The molecule has 0 N–H and O–H groups in total. The molecule has 0 aromatic heterocycles. The van der Waals surface area contributed by atoms with Crippen molar-refractivity contribution in [2.24, 2.45) is 11.8 Å². The largest absolute Gasteiger partial charge is 0.229 e. The third-order valence-corrected chi connectivity index (χ3v) is 7.80. The summed E-state index contributed by atoms with van der Waals surface area (Å²) >= 11 is 0. The van der Waals surface area contributed by atoms with Gasteiger partial charge in [0.05, 0.1) is 0 Å².